The molecule has 1 amide bonds. The molecule has 4 N–H and O–H groups in total. The van der Waals surface area contributed by atoms with Crippen molar-refractivity contribution in [3.8, 4) is 5.75 Å². The summed E-state index contributed by atoms with van der Waals surface area (Å²) in [5.41, 5.74) is 6.48. The molecule has 5 nitrogen and oxygen atoms in total. The molecule has 0 aromatic heterocycles. The second kappa shape index (κ2) is 8.31. The lowest BCUT2D eigenvalue weighted by atomic mass is 9.95. The third kappa shape index (κ3) is 4.94. The highest BCUT2D eigenvalue weighted by molar-refractivity contribution is 5.79. The van der Waals surface area contributed by atoms with Crippen LogP contribution in [0, 0.1) is 11.8 Å². The van der Waals surface area contributed by atoms with Gasteiger partial charge in [0.2, 0.25) is 5.91 Å². The Bertz CT molecular complexity index is 501. The fraction of sp³-hybridized carbons (Fsp3) is 0.611. The number of amides is 1. The fourth-order valence-corrected chi connectivity index (χ4v) is 3.15. The number of hydrogen-bond acceptors (Lipinski definition) is 4. The van der Waals surface area contributed by atoms with Crippen LogP contribution in [0.1, 0.15) is 44.8 Å². The van der Waals surface area contributed by atoms with Gasteiger partial charge in [0.1, 0.15) is 5.75 Å². The Morgan fingerprint density at radius 3 is 2.65 bits per heavy atom. The molecule has 23 heavy (non-hydrogen) atoms. The first-order valence-corrected chi connectivity index (χ1v) is 8.43. The predicted octanol–water partition coefficient (Wildman–Crippen LogP) is 2.00. The van der Waals surface area contributed by atoms with Crippen molar-refractivity contribution in [2.75, 3.05) is 13.1 Å². The van der Waals surface area contributed by atoms with E-state index in [1.54, 1.807) is 0 Å². The highest BCUT2D eigenvalue weighted by Crippen LogP contribution is 2.31. The molecule has 1 aromatic rings. The molecule has 1 unspecified atom stereocenters. The number of benzene rings is 1. The van der Waals surface area contributed by atoms with Crippen LogP contribution in [0.2, 0.25) is 0 Å². The normalized spacial score (nSPS) is 22.1. The molecule has 2 rings (SSSR count). The summed E-state index contributed by atoms with van der Waals surface area (Å²) in [5, 5.41) is 13.1. The summed E-state index contributed by atoms with van der Waals surface area (Å²) in [6.45, 7) is 4.71. The van der Waals surface area contributed by atoms with Crippen LogP contribution in [-0.4, -0.2) is 30.2 Å². The fourth-order valence-electron chi connectivity index (χ4n) is 3.15. The van der Waals surface area contributed by atoms with Crippen LogP contribution in [0.3, 0.4) is 0 Å². The lowest BCUT2D eigenvalue weighted by molar-refractivity contribution is -0.126. The zero-order valence-electron chi connectivity index (χ0n) is 14.0. The number of ether oxygens (including phenoxy) is 1. The van der Waals surface area contributed by atoms with E-state index < -0.39 is 6.10 Å². The SMILES string of the molecule is CC(C)Oc1ccc(C(O)CNC(=O)[C@@H]2CCC[C@@H]2CN)cc1. The van der Waals surface area contributed by atoms with Gasteiger partial charge in [0.15, 0.2) is 0 Å². The summed E-state index contributed by atoms with van der Waals surface area (Å²) in [4.78, 5) is 12.2. The van der Waals surface area contributed by atoms with E-state index in [2.05, 4.69) is 5.32 Å². The minimum Gasteiger partial charge on any atom is -0.491 e. The highest BCUT2D eigenvalue weighted by atomic mass is 16.5. The minimum absolute atomic E-state index is 0.00554. The van der Waals surface area contributed by atoms with Gasteiger partial charge in [-0.1, -0.05) is 18.6 Å². The van der Waals surface area contributed by atoms with Gasteiger partial charge >= 0.3 is 0 Å². The van der Waals surface area contributed by atoms with Crippen molar-refractivity contribution >= 4 is 5.91 Å². The van der Waals surface area contributed by atoms with Gasteiger partial charge < -0.3 is 20.9 Å². The zero-order chi connectivity index (χ0) is 16.8. The molecular weight excluding hydrogens is 292 g/mol. The maximum Gasteiger partial charge on any atom is 0.223 e. The Balaban J connectivity index is 1.84. The van der Waals surface area contributed by atoms with Gasteiger partial charge in [0, 0.05) is 12.5 Å². The average molecular weight is 320 g/mol. The maximum atomic E-state index is 12.2. The van der Waals surface area contributed by atoms with Crippen LogP contribution < -0.4 is 15.8 Å². The molecule has 1 aromatic carbocycles. The van der Waals surface area contributed by atoms with Gasteiger partial charge in [-0.2, -0.15) is 0 Å². The van der Waals surface area contributed by atoms with Gasteiger partial charge in [0.25, 0.3) is 0 Å². The second-order valence-electron chi connectivity index (χ2n) is 6.53. The molecular formula is C18H28N2O3. The number of carbonyl (C=O) groups excluding carboxylic acids is 1. The summed E-state index contributed by atoms with van der Waals surface area (Å²) in [5.74, 6) is 1.06. The van der Waals surface area contributed by atoms with Crippen molar-refractivity contribution in [1.82, 2.24) is 5.32 Å². The second-order valence-corrected chi connectivity index (χ2v) is 6.53. The number of nitrogens with two attached hydrogens (primary N) is 1. The lowest BCUT2D eigenvalue weighted by Crippen LogP contribution is -2.37. The van der Waals surface area contributed by atoms with Crippen molar-refractivity contribution in [3.63, 3.8) is 0 Å². The van der Waals surface area contributed by atoms with Crippen molar-refractivity contribution < 1.29 is 14.6 Å². The maximum absolute atomic E-state index is 12.2. The first-order valence-electron chi connectivity index (χ1n) is 8.43. The Morgan fingerprint density at radius 2 is 2.04 bits per heavy atom. The first-order chi connectivity index (χ1) is 11.0. The molecule has 128 valence electrons. The van der Waals surface area contributed by atoms with Gasteiger partial charge in [-0.3, -0.25) is 4.79 Å². The first kappa shape index (κ1) is 17.8. The molecule has 3 atom stereocenters. The number of aliphatic hydroxyl groups is 1. The number of aliphatic hydroxyl groups excluding tert-OH is 1. The van der Waals surface area contributed by atoms with Gasteiger partial charge in [0.05, 0.1) is 12.2 Å². The number of nitrogens with one attached hydrogen (secondary N) is 1. The Morgan fingerprint density at radius 1 is 1.35 bits per heavy atom. The van der Waals surface area contributed by atoms with E-state index in [1.807, 2.05) is 38.1 Å². The summed E-state index contributed by atoms with van der Waals surface area (Å²) in [6, 6.07) is 7.32. The van der Waals surface area contributed by atoms with Gasteiger partial charge in [-0.25, -0.2) is 0 Å². The third-order valence-corrected chi connectivity index (χ3v) is 4.40. The van der Waals surface area contributed by atoms with E-state index in [1.165, 1.54) is 0 Å². The lowest BCUT2D eigenvalue weighted by Gasteiger charge is -2.19. The van der Waals surface area contributed by atoms with Crippen LogP contribution >= 0.6 is 0 Å². The molecule has 1 aliphatic carbocycles. The van der Waals surface area contributed by atoms with Crippen molar-refractivity contribution in [3.05, 3.63) is 29.8 Å². The molecule has 0 aliphatic heterocycles. The third-order valence-electron chi connectivity index (χ3n) is 4.40. The zero-order valence-corrected chi connectivity index (χ0v) is 14.0. The van der Waals surface area contributed by atoms with Crippen LogP contribution in [0.5, 0.6) is 5.75 Å². The number of hydrogen-bond donors (Lipinski definition) is 3. The van der Waals surface area contributed by atoms with E-state index in [0.717, 1.165) is 30.6 Å². The molecule has 5 heteroatoms. The van der Waals surface area contributed by atoms with Crippen LogP contribution in [0.15, 0.2) is 24.3 Å². The Kier molecular flexibility index (Phi) is 6.42. The van der Waals surface area contributed by atoms with Crippen molar-refractivity contribution in [2.24, 2.45) is 17.6 Å². The minimum atomic E-state index is -0.718. The van der Waals surface area contributed by atoms with E-state index in [4.69, 9.17) is 10.5 Å². The average Bonchev–Trinajstić information content (AvgIpc) is 3.01. The van der Waals surface area contributed by atoms with E-state index in [0.29, 0.717) is 6.54 Å². The largest absolute Gasteiger partial charge is 0.491 e. The van der Waals surface area contributed by atoms with Crippen molar-refractivity contribution in [1.29, 1.82) is 0 Å². The molecule has 0 radical (unpaired) electrons. The Hall–Kier alpha value is -1.59. The summed E-state index contributed by atoms with van der Waals surface area (Å²) in [7, 11) is 0. The van der Waals surface area contributed by atoms with E-state index >= 15 is 0 Å². The summed E-state index contributed by atoms with van der Waals surface area (Å²) in [6.07, 6.45) is 2.37. The Labute approximate surface area is 138 Å². The summed E-state index contributed by atoms with van der Waals surface area (Å²) < 4.78 is 5.58. The number of rotatable bonds is 7. The standard InChI is InChI=1S/C18H28N2O3/c1-12(2)23-15-8-6-13(7-9-15)17(21)11-20-18(22)16-5-3-4-14(16)10-19/h6-9,12,14,16-17,21H,3-5,10-11,19H2,1-2H3,(H,20,22)/t14-,16-,17?/m1/s1. The molecule has 0 bridgehead atoms. The van der Waals surface area contributed by atoms with Gasteiger partial charge in [-0.05, 0) is 56.8 Å². The molecule has 0 saturated heterocycles. The van der Waals surface area contributed by atoms with Crippen LogP contribution in [-0.2, 0) is 4.79 Å². The molecule has 0 spiro atoms. The van der Waals surface area contributed by atoms with Crippen LogP contribution in [0.25, 0.3) is 0 Å². The van der Waals surface area contributed by atoms with E-state index in [9.17, 15) is 9.90 Å². The summed E-state index contributed by atoms with van der Waals surface area (Å²) >= 11 is 0. The molecule has 1 aliphatic rings. The number of carbonyl (C=O) groups is 1. The smallest absolute Gasteiger partial charge is 0.223 e. The monoisotopic (exact) mass is 320 g/mol. The quantitative estimate of drug-likeness (QED) is 0.717. The van der Waals surface area contributed by atoms with Crippen LogP contribution in [0.4, 0.5) is 0 Å². The van der Waals surface area contributed by atoms with E-state index in [-0.39, 0.29) is 30.4 Å². The molecule has 0 heterocycles. The molecule has 1 saturated carbocycles. The van der Waals surface area contributed by atoms with Crippen molar-refractivity contribution in [2.45, 2.75) is 45.3 Å². The highest BCUT2D eigenvalue weighted by Gasteiger charge is 2.31. The predicted molar refractivity (Wildman–Crippen MR) is 90.1 cm³/mol. The topological polar surface area (TPSA) is 84.6 Å². The van der Waals surface area contributed by atoms with Gasteiger partial charge in [-0.15, -0.1) is 0 Å². The molecule has 1 fully saturated rings.